The van der Waals surface area contributed by atoms with Gasteiger partial charge in [-0.3, -0.25) is 9.59 Å². The van der Waals surface area contributed by atoms with Gasteiger partial charge in [0, 0.05) is 38.3 Å². The molecule has 0 saturated carbocycles. The van der Waals surface area contributed by atoms with Gasteiger partial charge in [-0.1, -0.05) is 30.3 Å². The van der Waals surface area contributed by atoms with Crippen molar-refractivity contribution in [3.8, 4) is 5.75 Å². The number of amides is 3. The lowest BCUT2D eigenvalue weighted by molar-refractivity contribution is -0.161. The second-order valence-corrected chi connectivity index (χ2v) is 13.0. The number of rotatable bonds is 7. The SMILES string of the molecule is CC(C)(C)OC(=O)NCc1cccc(C2CCN(C(=O)c3cccc(OCC(=O)N4C[C@H]5OC(C)(C)O[C@@H]5C4)c3)CC2)c1. The summed E-state index contributed by atoms with van der Waals surface area (Å²) < 4.78 is 22.8. The Bertz CT molecular complexity index is 1310. The zero-order valence-corrected chi connectivity index (χ0v) is 25.8. The maximum Gasteiger partial charge on any atom is 0.407 e. The molecule has 3 amide bonds. The standard InChI is InChI=1S/C33H43N3O7/c1-32(2,3)43-31(39)34-18-22-8-6-9-24(16-22)23-12-14-35(15-13-23)30(38)25-10-7-11-26(17-25)40-21-29(37)36-19-27-28(20-36)42-33(4,5)41-27/h6-11,16-17,23,27-28H,12-15,18-21H2,1-5H3,(H,34,39)/t27-,28-/m1/s1. The van der Waals surface area contributed by atoms with Crippen LogP contribution in [-0.4, -0.2) is 84.1 Å². The molecule has 0 unspecified atom stereocenters. The highest BCUT2D eigenvalue weighted by atomic mass is 16.8. The summed E-state index contributed by atoms with van der Waals surface area (Å²) in [4.78, 5) is 41.7. The molecule has 0 bridgehead atoms. The van der Waals surface area contributed by atoms with Crippen molar-refractivity contribution in [1.82, 2.24) is 15.1 Å². The van der Waals surface area contributed by atoms with Crippen LogP contribution in [0.15, 0.2) is 48.5 Å². The number of nitrogens with zero attached hydrogens (tertiary/aromatic N) is 2. The molecule has 232 valence electrons. The van der Waals surface area contributed by atoms with Crippen LogP contribution in [0.25, 0.3) is 0 Å². The number of ether oxygens (including phenoxy) is 4. The third-order valence-corrected chi connectivity index (χ3v) is 7.92. The molecular weight excluding hydrogens is 550 g/mol. The second kappa shape index (κ2) is 12.5. The predicted molar refractivity (Wildman–Crippen MR) is 160 cm³/mol. The first-order valence-electron chi connectivity index (χ1n) is 15.1. The normalized spacial score (nSPS) is 21.8. The Morgan fingerprint density at radius 2 is 1.63 bits per heavy atom. The van der Waals surface area contributed by atoms with Crippen LogP contribution < -0.4 is 10.1 Å². The number of alkyl carbamates (subject to hydrolysis) is 1. The van der Waals surface area contributed by atoms with Crippen LogP contribution in [0.1, 0.15) is 74.9 Å². The zero-order valence-electron chi connectivity index (χ0n) is 25.8. The molecule has 1 N–H and O–H groups in total. The van der Waals surface area contributed by atoms with E-state index in [0.717, 1.165) is 18.4 Å². The summed E-state index contributed by atoms with van der Waals surface area (Å²) in [6.07, 6.45) is 1.03. The van der Waals surface area contributed by atoms with Crippen molar-refractivity contribution in [2.45, 2.75) is 83.5 Å². The van der Waals surface area contributed by atoms with E-state index in [0.29, 0.717) is 50.0 Å². The number of benzene rings is 2. The molecular formula is C33H43N3O7. The van der Waals surface area contributed by atoms with Crippen molar-refractivity contribution in [1.29, 1.82) is 0 Å². The molecule has 2 aromatic carbocycles. The Balaban J connectivity index is 1.09. The Labute approximate surface area is 253 Å². The topological polar surface area (TPSA) is 107 Å². The van der Waals surface area contributed by atoms with Crippen molar-refractivity contribution < 1.29 is 33.3 Å². The van der Waals surface area contributed by atoms with Crippen molar-refractivity contribution in [2.24, 2.45) is 0 Å². The lowest BCUT2D eigenvalue weighted by atomic mass is 9.88. The Morgan fingerprint density at radius 1 is 0.953 bits per heavy atom. The molecule has 2 atom stereocenters. The van der Waals surface area contributed by atoms with Crippen molar-refractivity contribution in [3.63, 3.8) is 0 Å². The highest BCUT2D eigenvalue weighted by Gasteiger charge is 2.47. The number of piperidine rings is 1. The molecule has 3 fully saturated rings. The smallest absolute Gasteiger partial charge is 0.407 e. The molecule has 3 heterocycles. The third kappa shape index (κ3) is 8.06. The van der Waals surface area contributed by atoms with Gasteiger partial charge in [0.1, 0.15) is 23.6 Å². The van der Waals surface area contributed by atoms with E-state index in [1.807, 2.05) is 51.7 Å². The second-order valence-electron chi connectivity index (χ2n) is 13.0. The molecule has 0 aliphatic carbocycles. The minimum atomic E-state index is -0.615. The van der Waals surface area contributed by atoms with Crippen molar-refractivity contribution >= 4 is 17.9 Å². The molecule has 0 aromatic heterocycles. The van der Waals surface area contributed by atoms with E-state index in [9.17, 15) is 14.4 Å². The number of nitrogens with one attached hydrogen (secondary N) is 1. The third-order valence-electron chi connectivity index (χ3n) is 7.92. The summed E-state index contributed by atoms with van der Waals surface area (Å²) in [7, 11) is 0. The van der Waals surface area contributed by atoms with Crippen LogP contribution in [0.3, 0.4) is 0 Å². The first-order valence-corrected chi connectivity index (χ1v) is 15.1. The van der Waals surface area contributed by atoms with Gasteiger partial charge in [0.2, 0.25) is 0 Å². The fourth-order valence-electron chi connectivity index (χ4n) is 5.93. The van der Waals surface area contributed by atoms with Crippen LogP contribution in [0.4, 0.5) is 4.79 Å². The number of likely N-dealkylation sites (tertiary alicyclic amines) is 2. The molecule has 2 aromatic rings. The Kier molecular flexibility index (Phi) is 8.99. The van der Waals surface area contributed by atoms with Gasteiger partial charge in [-0.2, -0.15) is 0 Å². The zero-order chi connectivity index (χ0) is 30.8. The molecule has 0 spiro atoms. The van der Waals surface area contributed by atoms with Gasteiger partial charge in [-0.05, 0) is 82.7 Å². The van der Waals surface area contributed by atoms with Gasteiger partial charge in [-0.25, -0.2) is 4.79 Å². The van der Waals surface area contributed by atoms with E-state index in [-0.39, 0.29) is 30.6 Å². The summed E-state index contributed by atoms with van der Waals surface area (Å²) in [6.45, 7) is 11.8. The van der Waals surface area contributed by atoms with E-state index in [1.165, 1.54) is 5.56 Å². The molecule has 5 rings (SSSR count). The minimum absolute atomic E-state index is 0.0465. The van der Waals surface area contributed by atoms with Crippen LogP contribution >= 0.6 is 0 Å². The maximum atomic E-state index is 13.3. The average Bonchev–Trinajstić information content (AvgIpc) is 3.48. The van der Waals surface area contributed by atoms with Gasteiger partial charge >= 0.3 is 6.09 Å². The molecule has 10 heteroatoms. The lowest BCUT2D eigenvalue weighted by Crippen LogP contribution is -2.38. The summed E-state index contributed by atoms with van der Waals surface area (Å²) in [5.74, 6) is 0.0195. The van der Waals surface area contributed by atoms with E-state index >= 15 is 0 Å². The molecule has 3 aliphatic heterocycles. The van der Waals surface area contributed by atoms with Crippen molar-refractivity contribution in [3.05, 3.63) is 65.2 Å². The van der Waals surface area contributed by atoms with Crippen LogP contribution in [0.5, 0.6) is 5.75 Å². The Hall–Kier alpha value is -3.63. The van der Waals surface area contributed by atoms with Gasteiger partial charge in [-0.15, -0.1) is 0 Å². The predicted octanol–water partition coefficient (Wildman–Crippen LogP) is 4.47. The van der Waals surface area contributed by atoms with Crippen LogP contribution in [0, 0.1) is 0 Å². The Morgan fingerprint density at radius 3 is 2.30 bits per heavy atom. The lowest BCUT2D eigenvalue weighted by Gasteiger charge is -2.32. The fourth-order valence-corrected chi connectivity index (χ4v) is 5.93. The van der Waals surface area contributed by atoms with E-state index in [4.69, 9.17) is 18.9 Å². The van der Waals surface area contributed by atoms with Crippen LogP contribution in [-0.2, 0) is 25.5 Å². The average molecular weight is 594 g/mol. The van der Waals surface area contributed by atoms with Gasteiger partial charge < -0.3 is 34.1 Å². The minimum Gasteiger partial charge on any atom is -0.484 e. The number of fused-ring (bicyclic) bond motifs is 1. The summed E-state index contributed by atoms with van der Waals surface area (Å²) in [5, 5.41) is 2.82. The monoisotopic (exact) mass is 593 g/mol. The number of hydrogen-bond acceptors (Lipinski definition) is 7. The number of hydrogen-bond donors (Lipinski definition) is 1. The molecule has 10 nitrogen and oxygen atoms in total. The van der Waals surface area contributed by atoms with E-state index in [1.54, 1.807) is 29.2 Å². The first kappa shape index (κ1) is 30.8. The van der Waals surface area contributed by atoms with E-state index < -0.39 is 17.5 Å². The largest absolute Gasteiger partial charge is 0.484 e. The summed E-state index contributed by atoms with van der Waals surface area (Å²) in [5.41, 5.74) is 2.22. The van der Waals surface area contributed by atoms with Gasteiger partial charge in [0.05, 0.1) is 0 Å². The molecule has 0 radical (unpaired) electrons. The molecule has 3 saturated heterocycles. The molecule has 43 heavy (non-hydrogen) atoms. The molecule has 3 aliphatic rings. The number of carbonyl (C=O) groups is 3. The van der Waals surface area contributed by atoms with Gasteiger partial charge in [0.15, 0.2) is 12.4 Å². The maximum absolute atomic E-state index is 13.3. The summed E-state index contributed by atoms with van der Waals surface area (Å²) >= 11 is 0. The summed E-state index contributed by atoms with van der Waals surface area (Å²) in [6, 6.07) is 15.2. The van der Waals surface area contributed by atoms with E-state index in [2.05, 4.69) is 17.4 Å². The fraction of sp³-hybridized carbons (Fsp3) is 0.545. The van der Waals surface area contributed by atoms with Crippen molar-refractivity contribution in [2.75, 3.05) is 32.8 Å². The van der Waals surface area contributed by atoms with Gasteiger partial charge in [0.25, 0.3) is 11.8 Å². The highest BCUT2D eigenvalue weighted by molar-refractivity contribution is 5.94. The van der Waals surface area contributed by atoms with Crippen LogP contribution in [0.2, 0.25) is 0 Å². The quantitative estimate of drug-likeness (QED) is 0.505. The number of carbonyl (C=O) groups excluding carboxylic acids is 3. The highest BCUT2D eigenvalue weighted by Crippen LogP contribution is 2.33. The first-order chi connectivity index (χ1) is 20.3.